The van der Waals surface area contributed by atoms with Gasteiger partial charge in [0.05, 0.1) is 4.47 Å². The summed E-state index contributed by atoms with van der Waals surface area (Å²) in [5.74, 6) is -3.05. The van der Waals surface area contributed by atoms with Crippen LogP contribution in [0.2, 0.25) is 5.02 Å². The van der Waals surface area contributed by atoms with Crippen molar-refractivity contribution in [1.82, 2.24) is 5.32 Å². The first-order valence-electron chi connectivity index (χ1n) is 5.73. The van der Waals surface area contributed by atoms with Crippen LogP contribution in [-0.4, -0.2) is 13.1 Å². The highest BCUT2D eigenvalue weighted by Crippen LogP contribution is 2.34. The van der Waals surface area contributed by atoms with Crippen molar-refractivity contribution in [3.63, 3.8) is 0 Å². The molecule has 0 bridgehead atoms. The van der Waals surface area contributed by atoms with Crippen LogP contribution in [-0.2, 0) is 6.42 Å². The fourth-order valence-electron chi connectivity index (χ4n) is 2.20. The van der Waals surface area contributed by atoms with E-state index in [1.54, 1.807) is 0 Å². The first-order chi connectivity index (χ1) is 8.52. The Kier molecular flexibility index (Phi) is 4.56. The van der Waals surface area contributed by atoms with Crippen molar-refractivity contribution in [2.75, 3.05) is 13.1 Å². The molecule has 100 valence electrons. The number of hydrogen-bond acceptors (Lipinski definition) is 1. The van der Waals surface area contributed by atoms with Crippen LogP contribution in [0.4, 0.5) is 13.2 Å². The van der Waals surface area contributed by atoms with Crippen LogP contribution in [0.3, 0.4) is 0 Å². The fraction of sp³-hybridized carbons (Fsp3) is 0.500. The molecule has 1 aromatic rings. The number of nitrogens with one attached hydrogen (secondary N) is 1. The zero-order chi connectivity index (χ0) is 13.3. The molecule has 0 unspecified atom stereocenters. The van der Waals surface area contributed by atoms with Crippen LogP contribution >= 0.6 is 27.5 Å². The summed E-state index contributed by atoms with van der Waals surface area (Å²) in [6, 6.07) is 0. The Morgan fingerprint density at radius 2 is 1.72 bits per heavy atom. The van der Waals surface area contributed by atoms with Gasteiger partial charge in [0.1, 0.15) is 5.02 Å². The lowest BCUT2D eigenvalue weighted by Crippen LogP contribution is -2.29. The number of piperidine rings is 1. The third-order valence-electron chi connectivity index (χ3n) is 3.25. The molecule has 1 heterocycles. The largest absolute Gasteiger partial charge is 0.317 e. The predicted molar refractivity (Wildman–Crippen MR) is 68.3 cm³/mol. The third kappa shape index (κ3) is 2.68. The third-order valence-corrected chi connectivity index (χ3v) is 4.41. The van der Waals surface area contributed by atoms with E-state index in [1.165, 1.54) is 0 Å². The van der Waals surface area contributed by atoms with Gasteiger partial charge in [-0.25, -0.2) is 13.2 Å². The lowest BCUT2D eigenvalue weighted by Gasteiger charge is -2.23. The van der Waals surface area contributed by atoms with Crippen LogP contribution in [0.25, 0.3) is 0 Å². The first kappa shape index (κ1) is 14.2. The number of rotatable bonds is 2. The maximum Gasteiger partial charge on any atom is 0.180 e. The SMILES string of the molecule is Fc1c(F)c(CC2CCNCC2)c(Br)c(F)c1Cl. The molecule has 0 radical (unpaired) electrons. The molecule has 1 fully saturated rings. The lowest BCUT2D eigenvalue weighted by atomic mass is 9.90. The molecule has 1 aromatic carbocycles. The van der Waals surface area contributed by atoms with Gasteiger partial charge < -0.3 is 5.32 Å². The Labute approximate surface area is 117 Å². The average Bonchev–Trinajstić information content (AvgIpc) is 2.40. The summed E-state index contributed by atoms with van der Waals surface area (Å²) >= 11 is 8.33. The van der Waals surface area contributed by atoms with E-state index in [-0.39, 0.29) is 16.0 Å². The standard InChI is InChI=1S/C12H12BrClF3N/c13-8-7(5-6-1-3-18-4-2-6)10(15)12(17)9(14)11(8)16/h6,18H,1-5H2. The second kappa shape index (κ2) is 5.80. The van der Waals surface area contributed by atoms with E-state index in [9.17, 15) is 13.2 Å². The van der Waals surface area contributed by atoms with Gasteiger partial charge >= 0.3 is 0 Å². The molecule has 0 aliphatic carbocycles. The molecular weight excluding hydrogens is 330 g/mol. The van der Waals surface area contributed by atoms with Crippen LogP contribution in [0, 0.1) is 23.4 Å². The van der Waals surface area contributed by atoms with Gasteiger partial charge in [0, 0.05) is 5.56 Å². The zero-order valence-corrected chi connectivity index (χ0v) is 11.8. The lowest BCUT2D eigenvalue weighted by molar-refractivity contribution is 0.364. The Morgan fingerprint density at radius 1 is 1.11 bits per heavy atom. The van der Waals surface area contributed by atoms with Gasteiger partial charge in [-0.1, -0.05) is 11.6 Å². The average molecular weight is 343 g/mol. The molecule has 0 atom stereocenters. The summed E-state index contributed by atoms with van der Waals surface area (Å²) in [6.45, 7) is 1.70. The Balaban J connectivity index is 2.32. The minimum atomic E-state index is -1.30. The van der Waals surface area contributed by atoms with E-state index in [0.29, 0.717) is 6.42 Å². The highest BCUT2D eigenvalue weighted by Gasteiger charge is 2.25. The van der Waals surface area contributed by atoms with Crippen LogP contribution in [0.15, 0.2) is 4.47 Å². The van der Waals surface area contributed by atoms with Crippen molar-refractivity contribution >= 4 is 27.5 Å². The van der Waals surface area contributed by atoms with Gasteiger partial charge in [-0.05, 0) is 54.2 Å². The summed E-state index contributed by atoms with van der Waals surface area (Å²) in [6.07, 6.45) is 2.06. The summed E-state index contributed by atoms with van der Waals surface area (Å²) in [7, 11) is 0. The van der Waals surface area contributed by atoms with Gasteiger partial charge in [0.15, 0.2) is 17.5 Å². The Bertz CT molecular complexity index is 432. The highest BCUT2D eigenvalue weighted by atomic mass is 79.9. The van der Waals surface area contributed by atoms with Crippen molar-refractivity contribution < 1.29 is 13.2 Å². The van der Waals surface area contributed by atoms with E-state index >= 15 is 0 Å². The molecular formula is C12H12BrClF3N. The summed E-state index contributed by atoms with van der Waals surface area (Å²) in [4.78, 5) is 0. The quantitative estimate of drug-likeness (QED) is 0.631. The Morgan fingerprint density at radius 3 is 2.33 bits per heavy atom. The second-order valence-corrected chi connectivity index (χ2v) is 5.62. The predicted octanol–water partition coefficient (Wildman–Crippen LogP) is 4.06. The van der Waals surface area contributed by atoms with Gasteiger partial charge in [-0.3, -0.25) is 0 Å². The summed E-state index contributed by atoms with van der Waals surface area (Å²) < 4.78 is 40.7. The maximum atomic E-state index is 13.8. The number of halogens is 5. The Hall–Kier alpha value is -0.260. The molecule has 1 aliphatic rings. The summed E-state index contributed by atoms with van der Waals surface area (Å²) in [5, 5.41) is 2.39. The molecule has 1 nitrogen and oxygen atoms in total. The molecule has 0 spiro atoms. The summed E-state index contributed by atoms with van der Waals surface area (Å²) in [5.41, 5.74) is 0.0429. The van der Waals surface area contributed by atoms with Crippen LogP contribution < -0.4 is 5.32 Å². The van der Waals surface area contributed by atoms with Gasteiger partial charge in [0.2, 0.25) is 0 Å². The van der Waals surface area contributed by atoms with Gasteiger partial charge in [-0.2, -0.15) is 0 Å². The van der Waals surface area contributed by atoms with E-state index in [1.807, 2.05) is 0 Å². The highest BCUT2D eigenvalue weighted by molar-refractivity contribution is 9.10. The van der Waals surface area contributed by atoms with Crippen molar-refractivity contribution in [1.29, 1.82) is 0 Å². The topological polar surface area (TPSA) is 12.0 Å². The van der Waals surface area contributed by atoms with Crippen LogP contribution in [0.5, 0.6) is 0 Å². The monoisotopic (exact) mass is 341 g/mol. The molecule has 0 amide bonds. The minimum absolute atomic E-state index is 0.0429. The fourth-order valence-corrected chi connectivity index (χ4v) is 3.03. The molecule has 1 saturated heterocycles. The molecule has 0 aromatic heterocycles. The van der Waals surface area contributed by atoms with Crippen LogP contribution in [0.1, 0.15) is 18.4 Å². The molecule has 6 heteroatoms. The zero-order valence-electron chi connectivity index (χ0n) is 9.50. The molecule has 18 heavy (non-hydrogen) atoms. The van der Waals surface area contributed by atoms with E-state index < -0.39 is 22.5 Å². The maximum absolute atomic E-state index is 13.8. The van der Waals surface area contributed by atoms with Crippen molar-refractivity contribution in [2.24, 2.45) is 5.92 Å². The van der Waals surface area contributed by atoms with Crippen molar-refractivity contribution in [3.05, 3.63) is 32.5 Å². The second-order valence-electron chi connectivity index (χ2n) is 4.45. The molecule has 1 aliphatic heterocycles. The smallest absolute Gasteiger partial charge is 0.180 e. The normalized spacial score (nSPS) is 17.2. The molecule has 0 saturated carbocycles. The van der Waals surface area contributed by atoms with Crippen molar-refractivity contribution in [2.45, 2.75) is 19.3 Å². The van der Waals surface area contributed by atoms with Gasteiger partial charge in [-0.15, -0.1) is 0 Å². The van der Waals surface area contributed by atoms with Crippen molar-refractivity contribution in [3.8, 4) is 0 Å². The van der Waals surface area contributed by atoms with Gasteiger partial charge in [0.25, 0.3) is 0 Å². The number of hydrogen-bond donors (Lipinski definition) is 1. The van der Waals surface area contributed by atoms with E-state index in [4.69, 9.17) is 11.6 Å². The molecule has 2 rings (SSSR count). The molecule has 1 N–H and O–H groups in total. The minimum Gasteiger partial charge on any atom is -0.317 e. The first-order valence-corrected chi connectivity index (χ1v) is 6.90. The van der Waals surface area contributed by atoms with E-state index in [0.717, 1.165) is 25.9 Å². The van der Waals surface area contributed by atoms with E-state index in [2.05, 4.69) is 21.2 Å². The number of benzene rings is 1.